The number of amides is 1. The van der Waals surface area contributed by atoms with Gasteiger partial charge in [0.2, 0.25) is 5.91 Å². The van der Waals surface area contributed by atoms with E-state index in [0.29, 0.717) is 5.82 Å². The van der Waals surface area contributed by atoms with E-state index in [1.54, 1.807) is 17.3 Å². The van der Waals surface area contributed by atoms with Gasteiger partial charge in [0, 0.05) is 30.5 Å². The summed E-state index contributed by atoms with van der Waals surface area (Å²) in [6.45, 7) is 4.15. The van der Waals surface area contributed by atoms with Crippen LogP contribution in [0.3, 0.4) is 0 Å². The number of benzene rings is 1. The fraction of sp³-hybridized carbons (Fsp3) is 0.353. The Morgan fingerprint density at radius 3 is 2.24 bits per heavy atom. The Morgan fingerprint density at radius 1 is 1.10 bits per heavy atom. The lowest BCUT2D eigenvalue weighted by Gasteiger charge is -2.26. The van der Waals surface area contributed by atoms with Crippen molar-refractivity contribution in [3.63, 3.8) is 0 Å². The van der Waals surface area contributed by atoms with Gasteiger partial charge in [0.05, 0.1) is 0 Å². The molecule has 1 unspecified atom stereocenters. The van der Waals surface area contributed by atoms with E-state index in [9.17, 15) is 4.79 Å². The summed E-state index contributed by atoms with van der Waals surface area (Å²) in [5, 5.41) is 0. The fourth-order valence-electron chi connectivity index (χ4n) is 2.76. The summed E-state index contributed by atoms with van der Waals surface area (Å²) in [4.78, 5) is 23.0. The van der Waals surface area contributed by atoms with Crippen molar-refractivity contribution in [1.29, 1.82) is 0 Å². The van der Waals surface area contributed by atoms with Crippen LogP contribution in [0.4, 0.5) is 0 Å². The summed E-state index contributed by atoms with van der Waals surface area (Å²) in [5.74, 6) is 0.499. The predicted molar refractivity (Wildman–Crippen MR) is 81.7 cm³/mol. The number of likely N-dealkylation sites (tertiary alicyclic amines) is 1. The lowest BCUT2D eigenvalue weighted by Crippen LogP contribution is -2.37. The lowest BCUT2D eigenvalue weighted by atomic mass is 9.96. The van der Waals surface area contributed by atoms with Crippen LogP contribution in [-0.4, -0.2) is 33.4 Å². The number of carbonyl (C=O) groups is 1. The van der Waals surface area contributed by atoms with Gasteiger partial charge >= 0.3 is 0 Å². The summed E-state index contributed by atoms with van der Waals surface area (Å²) in [7, 11) is 1.85. The van der Waals surface area contributed by atoms with E-state index in [-0.39, 0.29) is 17.4 Å². The SMILES string of the molecule is CN1C(=O)C(c2ncc(-c3ccccc3)cn2)CC1(C)C. The van der Waals surface area contributed by atoms with Gasteiger partial charge in [0.25, 0.3) is 0 Å². The van der Waals surface area contributed by atoms with Crippen molar-refractivity contribution in [1.82, 2.24) is 14.9 Å². The Hall–Kier alpha value is -2.23. The van der Waals surface area contributed by atoms with Crippen molar-refractivity contribution in [2.75, 3.05) is 7.05 Å². The molecule has 3 rings (SSSR count). The zero-order valence-electron chi connectivity index (χ0n) is 12.6. The molecule has 0 N–H and O–H groups in total. The minimum Gasteiger partial charge on any atom is -0.340 e. The highest BCUT2D eigenvalue weighted by molar-refractivity contribution is 5.86. The molecule has 1 aromatic heterocycles. The number of carbonyl (C=O) groups excluding carboxylic acids is 1. The molecule has 1 aliphatic rings. The molecule has 0 saturated carbocycles. The van der Waals surface area contributed by atoms with Crippen molar-refractivity contribution < 1.29 is 4.79 Å². The Balaban J connectivity index is 1.87. The van der Waals surface area contributed by atoms with Crippen molar-refractivity contribution in [3.05, 3.63) is 48.5 Å². The van der Waals surface area contributed by atoms with Crippen molar-refractivity contribution in [3.8, 4) is 11.1 Å². The highest BCUT2D eigenvalue weighted by Crippen LogP contribution is 2.37. The smallest absolute Gasteiger partial charge is 0.233 e. The van der Waals surface area contributed by atoms with E-state index >= 15 is 0 Å². The summed E-state index contributed by atoms with van der Waals surface area (Å²) >= 11 is 0. The minimum atomic E-state index is -0.227. The number of rotatable bonds is 2. The molecular weight excluding hydrogens is 262 g/mol. The molecule has 2 heterocycles. The number of aromatic nitrogens is 2. The van der Waals surface area contributed by atoms with Crippen LogP contribution in [0.25, 0.3) is 11.1 Å². The molecule has 108 valence electrons. The number of nitrogens with zero attached hydrogens (tertiary/aromatic N) is 3. The first kappa shape index (κ1) is 13.7. The van der Waals surface area contributed by atoms with Crippen LogP contribution < -0.4 is 0 Å². The number of hydrogen-bond acceptors (Lipinski definition) is 3. The summed E-state index contributed by atoms with van der Waals surface area (Å²) < 4.78 is 0. The molecule has 0 aliphatic carbocycles. The van der Waals surface area contributed by atoms with E-state index in [4.69, 9.17) is 0 Å². The van der Waals surface area contributed by atoms with Gasteiger partial charge < -0.3 is 4.90 Å². The van der Waals surface area contributed by atoms with Crippen molar-refractivity contribution in [2.45, 2.75) is 31.7 Å². The van der Waals surface area contributed by atoms with Crippen LogP contribution in [0.15, 0.2) is 42.7 Å². The minimum absolute atomic E-state index is 0.104. The van der Waals surface area contributed by atoms with Gasteiger partial charge in [0.15, 0.2) is 0 Å². The van der Waals surface area contributed by atoms with Crippen molar-refractivity contribution in [2.24, 2.45) is 0 Å². The third-order valence-electron chi connectivity index (χ3n) is 4.33. The first-order chi connectivity index (χ1) is 9.99. The van der Waals surface area contributed by atoms with Crippen LogP contribution in [0.2, 0.25) is 0 Å². The monoisotopic (exact) mass is 281 g/mol. The molecule has 21 heavy (non-hydrogen) atoms. The van der Waals surface area contributed by atoms with Gasteiger partial charge in [0.1, 0.15) is 11.7 Å². The molecule has 4 nitrogen and oxygen atoms in total. The van der Waals surface area contributed by atoms with E-state index < -0.39 is 0 Å². The Labute approximate surface area is 124 Å². The Kier molecular flexibility index (Phi) is 3.24. The molecule has 1 amide bonds. The molecule has 0 bridgehead atoms. The highest BCUT2D eigenvalue weighted by atomic mass is 16.2. The van der Waals surface area contributed by atoms with E-state index in [1.807, 2.05) is 37.4 Å². The second kappa shape index (κ2) is 4.95. The maximum absolute atomic E-state index is 12.3. The molecule has 1 aromatic carbocycles. The van der Waals surface area contributed by atoms with Gasteiger partial charge in [-0.1, -0.05) is 30.3 Å². The first-order valence-corrected chi connectivity index (χ1v) is 7.14. The van der Waals surface area contributed by atoms with Crippen LogP contribution >= 0.6 is 0 Å². The van der Waals surface area contributed by atoms with E-state index in [1.165, 1.54) is 0 Å². The summed E-state index contributed by atoms with van der Waals surface area (Å²) in [5.41, 5.74) is 1.92. The summed E-state index contributed by atoms with van der Waals surface area (Å²) in [6.07, 6.45) is 4.36. The zero-order valence-corrected chi connectivity index (χ0v) is 12.6. The van der Waals surface area contributed by atoms with Gasteiger partial charge in [-0.2, -0.15) is 0 Å². The van der Waals surface area contributed by atoms with E-state index in [0.717, 1.165) is 17.5 Å². The molecule has 1 saturated heterocycles. The van der Waals surface area contributed by atoms with Crippen LogP contribution in [0.1, 0.15) is 32.0 Å². The van der Waals surface area contributed by atoms with Gasteiger partial charge in [-0.05, 0) is 25.8 Å². The van der Waals surface area contributed by atoms with Crippen LogP contribution in [0, 0.1) is 0 Å². The normalized spacial score (nSPS) is 20.8. The second-order valence-corrected chi connectivity index (χ2v) is 6.16. The average molecular weight is 281 g/mol. The third kappa shape index (κ3) is 2.42. The van der Waals surface area contributed by atoms with E-state index in [2.05, 4.69) is 23.8 Å². The molecule has 1 fully saturated rings. The largest absolute Gasteiger partial charge is 0.340 e. The second-order valence-electron chi connectivity index (χ2n) is 6.16. The maximum Gasteiger partial charge on any atom is 0.233 e. The van der Waals surface area contributed by atoms with Crippen molar-refractivity contribution >= 4 is 5.91 Å². The quantitative estimate of drug-likeness (QED) is 0.850. The first-order valence-electron chi connectivity index (χ1n) is 7.14. The molecule has 1 aliphatic heterocycles. The van der Waals surface area contributed by atoms with Gasteiger partial charge in [-0.15, -0.1) is 0 Å². The Morgan fingerprint density at radius 2 is 1.71 bits per heavy atom. The fourth-order valence-corrected chi connectivity index (χ4v) is 2.76. The predicted octanol–water partition coefficient (Wildman–Crippen LogP) is 2.87. The highest BCUT2D eigenvalue weighted by Gasteiger charge is 2.44. The lowest BCUT2D eigenvalue weighted by molar-refractivity contribution is -0.130. The number of likely N-dealkylation sites (N-methyl/N-ethyl adjacent to an activating group) is 1. The Bertz CT molecular complexity index is 649. The molecule has 4 heteroatoms. The molecule has 1 atom stereocenters. The average Bonchev–Trinajstić information content (AvgIpc) is 2.72. The third-order valence-corrected chi connectivity index (χ3v) is 4.33. The van der Waals surface area contributed by atoms with Gasteiger partial charge in [-0.3, -0.25) is 4.79 Å². The van der Waals surface area contributed by atoms with Gasteiger partial charge in [-0.25, -0.2) is 9.97 Å². The molecular formula is C17H19N3O. The molecule has 0 spiro atoms. The number of hydrogen-bond donors (Lipinski definition) is 0. The van der Waals surface area contributed by atoms with Crippen LogP contribution in [-0.2, 0) is 4.79 Å². The van der Waals surface area contributed by atoms with Crippen LogP contribution in [0.5, 0.6) is 0 Å². The topological polar surface area (TPSA) is 46.1 Å². The molecule has 2 aromatic rings. The zero-order chi connectivity index (χ0) is 15.0. The molecule has 0 radical (unpaired) electrons. The standard InChI is InChI=1S/C17H19N3O/c1-17(2)9-14(16(21)20(17)3)15-18-10-13(11-19-15)12-7-5-4-6-8-12/h4-8,10-11,14H,9H2,1-3H3. The maximum atomic E-state index is 12.3. The summed E-state index contributed by atoms with van der Waals surface area (Å²) in [6, 6.07) is 10.0.